The Kier molecular flexibility index (Phi) is 11.5. The summed E-state index contributed by atoms with van der Waals surface area (Å²) in [6, 6.07) is 19.8. The Hall–Kier alpha value is -3.84. The Balaban J connectivity index is 0.00000222. The molecule has 9 nitrogen and oxygen atoms in total. The molecule has 0 aliphatic heterocycles. The standard InChI is InChI=1S/C26H29N5O3.CH4O/c1-29(17-18-34-3)15-6-16-30(2)24-8-5-4-7-23(24)25-14-9-20(19-27)26(32)31(25)22-12-10-21(28-33)11-13-22;1-2/h4-5,7-14H,6,15-18H2,1-3H3;2H,1H3/p+1. The zero-order valence-corrected chi connectivity index (χ0v) is 21.3. The lowest BCUT2D eigenvalue weighted by Crippen LogP contribution is -2.55. The fourth-order valence-electron chi connectivity index (χ4n) is 3.85. The van der Waals surface area contributed by atoms with Crippen molar-refractivity contribution in [2.24, 2.45) is 0 Å². The maximum Gasteiger partial charge on any atom is 0.273 e. The maximum atomic E-state index is 13.2. The molecule has 2 N–H and O–H groups in total. The third kappa shape index (κ3) is 7.09. The quantitative estimate of drug-likeness (QED) is 0.420. The van der Waals surface area contributed by atoms with Crippen molar-refractivity contribution in [3.63, 3.8) is 0 Å². The van der Waals surface area contributed by atoms with Gasteiger partial charge in [0, 0.05) is 73.5 Å². The first-order valence-electron chi connectivity index (χ1n) is 11.6. The lowest BCUT2D eigenvalue weighted by molar-refractivity contribution is -0.379. The predicted octanol–water partition coefficient (Wildman–Crippen LogP) is 1.87. The summed E-state index contributed by atoms with van der Waals surface area (Å²) in [5.74, 6) is 0. The summed E-state index contributed by atoms with van der Waals surface area (Å²) in [4.78, 5) is 28.6. The fraction of sp³-hybridized carbons (Fsp3) is 0.333. The van der Waals surface area contributed by atoms with Crippen LogP contribution in [0.3, 0.4) is 0 Å². The number of nitroso groups, excluding NO2 is 1. The van der Waals surface area contributed by atoms with Gasteiger partial charge in [0.25, 0.3) is 11.2 Å². The van der Waals surface area contributed by atoms with Crippen LogP contribution in [0, 0.1) is 16.2 Å². The van der Waals surface area contributed by atoms with E-state index in [0.29, 0.717) is 23.7 Å². The molecule has 0 aliphatic carbocycles. The topological polar surface area (TPSA) is 113 Å². The van der Waals surface area contributed by atoms with Gasteiger partial charge in [-0.25, -0.2) is 0 Å². The van der Waals surface area contributed by atoms with Gasteiger partial charge in [-0.3, -0.25) is 9.36 Å². The molecule has 0 radical (unpaired) electrons. The van der Waals surface area contributed by atoms with Crippen LogP contribution in [0.1, 0.15) is 12.0 Å². The van der Waals surface area contributed by atoms with E-state index in [9.17, 15) is 15.0 Å². The van der Waals surface area contributed by atoms with Crippen LogP contribution in [0.15, 0.2) is 65.5 Å². The number of aliphatic hydroxyl groups excluding tert-OH is 1. The number of hydrogen-bond donors (Lipinski definition) is 2. The number of nitriles is 1. The first-order valence-corrected chi connectivity index (χ1v) is 11.6. The molecule has 3 aromatic rings. The Bertz CT molecular complexity index is 1220. The number of ether oxygens (including phenoxy) is 1. The third-order valence-electron chi connectivity index (χ3n) is 5.75. The Morgan fingerprint density at radius 1 is 1.00 bits per heavy atom. The number of hydrogen-bond acceptors (Lipinski definition) is 7. The van der Waals surface area contributed by atoms with Crippen LogP contribution in [0.2, 0.25) is 0 Å². The lowest BCUT2D eigenvalue weighted by atomic mass is 10.1. The SMILES string of the molecule is CO.COCCN(C)CCCN(C)c1ccccc1-c1ccc(C#N)c(=O)n1-c1ccc([NH+]=O)cc1. The van der Waals surface area contributed by atoms with Crippen LogP contribution in [-0.2, 0) is 4.74 Å². The highest BCUT2D eigenvalue weighted by atomic mass is 16.5. The molecule has 0 fully saturated rings. The number of likely N-dealkylation sites (N-methyl/N-ethyl adjacent to an activating group) is 1. The van der Waals surface area contributed by atoms with E-state index in [1.807, 2.05) is 42.6 Å². The Labute approximate surface area is 211 Å². The molecule has 0 atom stereocenters. The average molecular weight is 493 g/mol. The normalized spacial score (nSPS) is 10.4. The molecule has 0 bridgehead atoms. The van der Waals surface area contributed by atoms with Crippen molar-refractivity contribution in [1.29, 1.82) is 5.26 Å². The van der Waals surface area contributed by atoms with Gasteiger partial charge in [0.1, 0.15) is 11.6 Å². The molecule has 0 saturated heterocycles. The number of nitrogens with zero attached hydrogens (tertiary/aromatic N) is 4. The number of anilines is 1. The molecule has 0 amide bonds. The summed E-state index contributed by atoms with van der Waals surface area (Å²) in [5, 5.41) is 18.3. The van der Waals surface area contributed by atoms with Crippen molar-refractivity contribution >= 4 is 11.4 Å². The van der Waals surface area contributed by atoms with Crippen molar-refractivity contribution in [1.82, 2.24) is 9.47 Å². The smallest absolute Gasteiger partial charge is 0.273 e. The van der Waals surface area contributed by atoms with E-state index >= 15 is 0 Å². The van der Waals surface area contributed by atoms with E-state index in [0.717, 1.165) is 44.4 Å². The number of methoxy groups -OCH3 is 1. The molecule has 36 heavy (non-hydrogen) atoms. The number of benzene rings is 2. The predicted molar refractivity (Wildman–Crippen MR) is 142 cm³/mol. The number of rotatable bonds is 11. The van der Waals surface area contributed by atoms with Crippen LogP contribution in [-0.4, -0.2) is 69.1 Å². The molecular weight excluding hydrogens is 458 g/mol. The van der Waals surface area contributed by atoms with Crippen LogP contribution in [0.25, 0.3) is 16.9 Å². The van der Waals surface area contributed by atoms with Crippen LogP contribution < -0.4 is 15.6 Å². The van der Waals surface area contributed by atoms with Crippen molar-refractivity contribution in [2.45, 2.75) is 6.42 Å². The van der Waals surface area contributed by atoms with Gasteiger partial charge in [-0.2, -0.15) is 5.26 Å². The van der Waals surface area contributed by atoms with Gasteiger partial charge in [0.05, 0.1) is 12.3 Å². The second-order valence-electron chi connectivity index (χ2n) is 8.12. The van der Waals surface area contributed by atoms with Gasteiger partial charge >= 0.3 is 0 Å². The van der Waals surface area contributed by atoms with Crippen molar-refractivity contribution < 1.29 is 15.0 Å². The molecule has 0 aliphatic rings. The number of aliphatic hydroxyl groups is 1. The Morgan fingerprint density at radius 3 is 2.33 bits per heavy atom. The number of para-hydroxylation sites is 1. The number of pyridine rings is 1. The minimum atomic E-state index is -0.403. The molecule has 3 rings (SSSR count). The van der Waals surface area contributed by atoms with Crippen molar-refractivity contribution in [3.8, 4) is 23.0 Å². The lowest BCUT2D eigenvalue weighted by Gasteiger charge is -2.25. The zero-order chi connectivity index (χ0) is 26.5. The molecule has 0 saturated carbocycles. The molecule has 190 valence electrons. The van der Waals surface area contributed by atoms with Crippen LogP contribution in [0.5, 0.6) is 0 Å². The first kappa shape index (κ1) is 28.4. The van der Waals surface area contributed by atoms with Gasteiger partial charge in [-0.05, 0) is 50.3 Å². The molecule has 9 heteroatoms. The molecule has 2 aromatic carbocycles. The van der Waals surface area contributed by atoms with Gasteiger partial charge in [0.15, 0.2) is 0 Å². The van der Waals surface area contributed by atoms with Gasteiger partial charge < -0.3 is 19.6 Å². The summed E-state index contributed by atoms with van der Waals surface area (Å²) in [6.07, 6.45) is 0.967. The van der Waals surface area contributed by atoms with E-state index < -0.39 is 5.56 Å². The molecule has 0 unspecified atom stereocenters. The van der Waals surface area contributed by atoms with E-state index in [1.54, 1.807) is 43.5 Å². The average Bonchev–Trinajstić information content (AvgIpc) is 2.92. The summed E-state index contributed by atoms with van der Waals surface area (Å²) >= 11 is 0. The molecular formula is C27H34N5O4+. The highest BCUT2D eigenvalue weighted by Gasteiger charge is 2.17. The summed E-state index contributed by atoms with van der Waals surface area (Å²) in [7, 11) is 6.82. The Morgan fingerprint density at radius 2 is 1.69 bits per heavy atom. The third-order valence-corrected chi connectivity index (χ3v) is 5.75. The van der Waals surface area contributed by atoms with Crippen molar-refractivity contribution in [2.75, 3.05) is 59.5 Å². The second-order valence-corrected chi connectivity index (χ2v) is 8.12. The highest BCUT2D eigenvalue weighted by Crippen LogP contribution is 2.31. The van der Waals surface area contributed by atoms with E-state index in [2.05, 4.69) is 16.8 Å². The molecule has 1 heterocycles. The highest BCUT2D eigenvalue weighted by molar-refractivity contribution is 5.78. The largest absolute Gasteiger partial charge is 0.400 e. The summed E-state index contributed by atoms with van der Waals surface area (Å²) < 4.78 is 6.67. The first-order chi connectivity index (χ1) is 17.5. The number of nitrogens with one attached hydrogen (secondary N) is 1. The van der Waals surface area contributed by atoms with Gasteiger partial charge in [-0.15, -0.1) is 0 Å². The maximum absolute atomic E-state index is 13.2. The van der Waals surface area contributed by atoms with Crippen LogP contribution in [0.4, 0.5) is 11.4 Å². The molecule has 1 aromatic heterocycles. The van der Waals surface area contributed by atoms with Crippen molar-refractivity contribution in [3.05, 3.63) is 81.5 Å². The van der Waals surface area contributed by atoms with E-state index in [4.69, 9.17) is 9.84 Å². The van der Waals surface area contributed by atoms with Gasteiger partial charge in [0.2, 0.25) is 0 Å². The summed E-state index contributed by atoms with van der Waals surface area (Å²) in [6.45, 7) is 3.36. The van der Waals surface area contributed by atoms with E-state index in [-0.39, 0.29) is 5.56 Å². The van der Waals surface area contributed by atoms with Crippen LogP contribution >= 0.6 is 0 Å². The summed E-state index contributed by atoms with van der Waals surface area (Å²) in [5.41, 5.74) is 3.16. The second kappa shape index (κ2) is 14.5. The zero-order valence-electron chi connectivity index (χ0n) is 21.3. The minimum Gasteiger partial charge on any atom is -0.400 e. The molecule has 0 spiro atoms. The fourth-order valence-corrected chi connectivity index (χ4v) is 3.85. The minimum absolute atomic E-state index is 0.0553. The van der Waals surface area contributed by atoms with E-state index in [1.165, 1.54) is 4.57 Å². The van der Waals surface area contributed by atoms with Gasteiger partial charge in [-0.1, -0.05) is 18.2 Å². The number of aromatic nitrogens is 1. The monoisotopic (exact) mass is 492 g/mol.